The first-order valence-corrected chi connectivity index (χ1v) is 13.7. The number of carbonyl (C=O) groups excluding carboxylic acids is 2. The molecular weight excluding hydrogens is 448 g/mol. The van der Waals surface area contributed by atoms with E-state index in [0.717, 1.165) is 50.0 Å². The zero-order chi connectivity index (χ0) is 25.9. The molecule has 2 aromatic rings. The van der Waals surface area contributed by atoms with Crippen molar-refractivity contribution < 1.29 is 14.3 Å². The number of ether oxygens (including phenoxy) is 1. The highest BCUT2D eigenvalue weighted by Gasteiger charge is 2.29. The van der Waals surface area contributed by atoms with Crippen molar-refractivity contribution in [2.24, 2.45) is 5.92 Å². The van der Waals surface area contributed by atoms with Gasteiger partial charge in [-0.05, 0) is 80.0 Å². The number of benzene rings is 2. The van der Waals surface area contributed by atoms with Crippen LogP contribution in [0.5, 0.6) is 0 Å². The number of esters is 1. The van der Waals surface area contributed by atoms with Crippen molar-refractivity contribution in [1.29, 1.82) is 0 Å². The molecule has 5 nitrogen and oxygen atoms in total. The molecule has 1 amide bonds. The minimum atomic E-state index is -0.345. The zero-order valence-electron chi connectivity index (χ0n) is 22.7. The van der Waals surface area contributed by atoms with E-state index in [2.05, 4.69) is 42.7 Å². The first kappa shape index (κ1) is 27.9. The Morgan fingerprint density at radius 2 is 1.56 bits per heavy atom. The van der Waals surface area contributed by atoms with E-state index in [0.29, 0.717) is 18.0 Å². The van der Waals surface area contributed by atoms with Gasteiger partial charge in [0.1, 0.15) is 0 Å². The normalized spacial score (nSPS) is 14.7. The Morgan fingerprint density at radius 3 is 2.14 bits per heavy atom. The Hall–Kier alpha value is -2.66. The Kier molecular flexibility index (Phi) is 11.0. The van der Waals surface area contributed by atoms with Gasteiger partial charge in [-0.2, -0.15) is 0 Å². The number of carbonyl (C=O) groups is 2. The molecule has 36 heavy (non-hydrogen) atoms. The lowest BCUT2D eigenvalue weighted by Gasteiger charge is -2.39. The lowest BCUT2D eigenvalue weighted by atomic mass is 9.99. The number of piperidine rings is 1. The molecule has 0 N–H and O–H groups in total. The Morgan fingerprint density at radius 1 is 0.944 bits per heavy atom. The zero-order valence-corrected chi connectivity index (χ0v) is 22.7. The summed E-state index contributed by atoms with van der Waals surface area (Å²) in [5.41, 5.74) is 3.59. The number of amides is 1. The van der Waals surface area contributed by atoms with Crippen LogP contribution in [0.15, 0.2) is 48.5 Å². The number of unbranched alkanes of at least 4 members (excludes halogenated alkanes) is 2. The standard InChI is InChI=1S/C31H44N2O3/c1-5-6-7-8-25-9-13-27(14-10-25)30(34)33(23-26-11-15-28(16-12-26)31(35)36-4)29-18-21-32(22-19-29)20-17-24(2)3/h9-16,24,29H,5-8,17-23H2,1-4H3. The third kappa shape index (κ3) is 8.19. The van der Waals surface area contributed by atoms with Crippen LogP contribution in [-0.2, 0) is 17.7 Å². The molecule has 0 aliphatic carbocycles. The fraction of sp³-hybridized carbons (Fsp3) is 0.548. The minimum Gasteiger partial charge on any atom is -0.465 e. The largest absolute Gasteiger partial charge is 0.465 e. The summed E-state index contributed by atoms with van der Waals surface area (Å²) >= 11 is 0. The van der Waals surface area contributed by atoms with Crippen molar-refractivity contribution in [3.8, 4) is 0 Å². The van der Waals surface area contributed by atoms with E-state index >= 15 is 0 Å². The van der Waals surface area contributed by atoms with Crippen LogP contribution in [0.2, 0.25) is 0 Å². The molecule has 0 aromatic heterocycles. The minimum absolute atomic E-state index is 0.0905. The molecule has 0 radical (unpaired) electrons. The molecule has 0 bridgehead atoms. The van der Waals surface area contributed by atoms with Crippen molar-refractivity contribution in [1.82, 2.24) is 9.80 Å². The maximum atomic E-state index is 13.8. The van der Waals surface area contributed by atoms with Crippen LogP contribution < -0.4 is 0 Å². The molecule has 1 saturated heterocycles. The number of likely N-dealkylation sites (tertiary alicyclic amines) is 1. The monoisotopic (exact) mass is 492 g/mol. The summed E-state index contributed by atoms with van der Waals surface area (Å²) in [6.07, 6.45) is 7.88. The van der Waals surface area contributed by atoms with Gasteiger partial charge in [0.05, 0.1) is 12.7 Å². The third-order valence-electron chi connectivity index (χ3n) is 7.28. The molecule has 196 valence electrons. The number of rotatable bonds is 12. The fourth-order valence-corrected chi connectivity index (χ4v) is 4.88. The Balaban J connectivity index is 1.73. The molecule has 1 fully saturated rings. The van der Waals surface area contributed by atoms with Crippen LogP contribution in [0.4, 0.5) is 0 Å². The second-order valence-corrected chi connectivity index (χ2v) is 10.5. The highest BCUT2D eigenvalue weighted by atomic mass is 16.5. The van der Waals surface area contributed by atoms with E-state index in [9.17, 15) is 9.59 Å². The van der Waals surface area contributed by atoms with Gasteiger partial charge in [-0.25, -0.2) is 4.79 Å². The lowest BCUT2D eigenvalue weighted by Crippen LogP contribution is -2.47. The third-order valence-corrected chi connectivity index (χ3v) is 7.28. The average Bonchev–Trinajstić information content (AvgIpc) is 2.91. The van der Waals surface area contributed by atoms with E-state index in [4.69, 9.17) is 4.74 Å². The summed E-state index contributed by atoms with van der Waals surface area (Å²) in [7, 11) is 1.39. The molecule has 0 spiro atoms. The number of hydrogen-bond donors (Lipinski definition) is 0. The SMILES string of the molecule is CCCCCc1ccc(C(=O)N(Cc2ccc(C(=O)OC)cc2)C2CCN(CCC(C)C)CC2)cc1. The van der Waals surface area contributed by atoms with E-state index in [1.165, 1.54) is 38.4 Å². The van der Waals surface area contributed by atoms with Crippen LogP contribution in [0.1, 0.15) is 91.1 Å². The second-order valence-electron chi connectivity index (χ2n) is 10.5. The smallest absolute Gasteiger partial charge is 0.337 e. The molecular formula is C31H44N2O3. The summed E-state index contributed by atoms with van der Waals surface area (Å²) in [6, 6.07) is 15.8. The molecule has 1 aliphatic rings. The number of hydrogen-bond acceptors (Lipinski definition) is 4. The Labute approximate surface area is 217 Å². The molecule has 5 heteroatoms. The number of nitrogens with zero attached hydrogens (tertiary/aromatic N) is 2. The summed E-state index contributed by atoms with van der Waals surface area (Å²) in [6.45, 7) is 10.5. The van der Waals surface area contributed by atoms with Gasteiger partial charge in [0, 0.05) is 31.2 Å². The van der Waals surface area contributed by atoms with E-state index < -0.39 is 0 Å². The van der Waals surface area contributed by atoms with Crippen LogP contribution in [0, 0.1) is 5.92 Å². The summed E-state index contributed by atoms with van der Waals surface area (Å²) in [5, 5.41) is 0. The summed E-state index contributed by atoms with van der Waals surface area (Å²) < 4.78 is 4.83. The van der Waals surface area contributed by atoms with Gasteiger partial charge < -0.3 is 14.5 Å². The van der Waals surface area contributed by atoms with Gasteiger partial charge in [0.25, 0.3) is 5.91 Å². The maximum absolute atomic E-state index is 13.8. The van der Waals surface area contributed by atoms with Crippen LogP contribution >= 0.6 is 0 Å². The van der Waals surface area contributed by atoms with Crippen LogP contribution in [0.3, 0.4) is 0 Å². The predicted molar refractivity (Wildman–Crippen MR) is 146 cm³/mol. The molecule has 0 saturated carbocycles. The average molecular weight is 493 g/mol. The number of aryl methyl sites for hydroxylation is 1. The van der Waals surface area contributed by atoms with Gasteiger partial charge in [-0.3, -0.25) is 4.79 Å². The Bertz CT molecular complexity index is 945. The van der Waals surface area contributed by atoms with Crippen molar-refractivity contribution in [2.75, 3.05) is 26.7 Å². The van der Waals surface area contributed by atoms with Crippen LogP contribution in [0.25, 0.3) is 0 Å². The molecule has 1 aliphatic heterocycles. The fourth-order valence-electron chi connectivity index (χ4n) is 4.88. The number of methoxy groups -OCH3 is 1. The summed E-state index contributed by atoms with van der Waals surface area (Å²) in [4.78, 5) is 30.2. The van der Waals surface area contributed by atoms with Gasteiger partial charge in [0.15, 0.2) is 0 Å². The highest BCUT2D eigenvalue weighted by molar-refractivity contribution is 5.94. The van der Waals surface area contributed by atoms with Gasteiger partial charge in [0.2, 0.25) is 0 Å². The van der Waals surface area contributed by atoms with Crippen molar-refractivity contribution in [2.45, 2.75) is 78.3 Å². The molecule has 2 aromatic carbocycles. The van der Waals surface area contributed by atoms with Crippen molar-refractivity contribution >= 4 is 11.9 Å². The molecule has 1 heterocycles. The lowest BCUT2D eigenvalue weighted by molar-refractivity contribution is 0.0544. The van der Waals surface area contributed by atoms with Gasteiger partial charge in [-0.15, -0.1) is 0 Å². The van der Waals surface area contributed by atoms with Gasteiger partial charge in [-0.1, -0.05) is 57.9 Å². The topological polar surface area (TPSA) is 49.9 Å². The first-order chi connectivity index (χ1) is 17.4. The first-order valence-electron chi connectivity index (χ1n) is 13.7. The molecule has 3 rings (SSSR count). The van der Waals surface area contributed by atoms with E-state index in [1.807, 2.05) is 24.3 Å². The van der Waals surface area contributed by atoms with Crippen molar-refractivity contribution in [3.05, 3.63) is 70.8 Å². The second kappa shape index (κ2) is 14.2. The van der Waals surface area contributed by atoms with Crippen LogP contribution in [-0.4, -0.2) is 54.5 Å². The van der Waals surface area contributed by atoms with E-state index in [-0.39, 0.29) is 17.9 Å². The van der Waals surface area contributed by atoms with E-state index in [1.54, 1.807) is 12.1 Å². The maximum Gasteiger partial charge on any atom is 0.337 e. The molecule has 0 atom stereocenters. The van der Waals surface area contributed by atoms with Crippen molar-refractivity contribution in [3.63, 3.8) is 0 Å². The van der Waals surface area contributed by atoms with Gasteiger partial charge >= 0.3 is 5.97 Å². The molecule has 0 unspecified atom stereocenters. The highest BCUT2D eigenvalue weighted by Crippen LogP contribution is 2.23. The quantitative estimate of drug-likeness (QED) is 0.256. The summed E-state index contributed by atoms with van der Waals surface area (Å²) in [5.74, 6) is 0.453. The predicted octanol–water partition coefficient (Wildman–Crippen LogP) is 6.36.